The van der Waals surface area contributed by atoms with Gasteiger partial charge in [-0.2, -0.15) is 5.10 Å². The molecular weight excluding hydrogens is 450 g/mol. The predicted molar refractivity (Wildman–Crippen MR) is 121 cm³/mol. The molecule has 1 heterocycles. The number of alkyl halides is 2. The highest BCUT2D eigenvalue weighted by Gasteiger charge is 2.39. The van der Waals surface area contributed by atoms with Crippen molar-refractivity contribution in [1.82, 2.24) is 20.4 Å². The van der Waals surface area contributed by atoms with Crippen LogP contribution in [-0.4, -0.2) is 57.3 Å². The molecule has 2 saturated carbocycles. The van der Waals surface area contributed by atoms with E-state index >= 15 is 0 Å². The molecule has 0 spiro atoms. The molecule has 0 saturated heterocycles. The number of nitrogens with two attached hydrogens (primary N) is 1. The van der Waals surface area contributed by atoms with Crippen molar-refractivity contribution in [2.24, 2.45) is 18.7 Å². The maximum Gasteiger partial charge on any atom is 0.315 e. The second-order valence-corrected chi connectivity index (χ2v) is 9.25. The van der Waals surface area contributed by atoms with E-state index in [2.05, 4.69) is 21.0 Å². The van der Waals surface area contributed by atoms with Crippen molar-refractivity contribution < 1.29 is 28.0 Å². The van der Waals surface area contributed by atoms with Gasteiger partial charge in [0.1, 0.15) is 17.9 Å². The lowest BCUT2D eigenvalue weighted by Crippen LogP contribution is -2.52. The van der Waals surface area contributed by atoms with Gasteiger partial charge in [-0.25, -0.2) is 13.6 Å². The molecular formula is C22H34F2N6O4. The van der Waals surface area contributed by atoms with Crippen LogP contribution < -0.4 is 21.7 Å². The van der Waals surface area contributed by atoms with Gasteiger partial charge in [0.05, 0.1) is 0 Å². The van der Waals surface area contributed by atoms with Gasteiger partial charge >= 0.3 is 6.03 Å². The first-order valence-corrected chi connectivity index (χ1v) is 11.4. The third-order valence-corrected chi connectivity index (χ3v) is 5.77. The lowest BCUT2D eigenvalue weighted by atomic mass is 9.80. The first-order valence-electron chi connectivity index (χ1n) is 11.4. The second-order valence-electron chi connectivity index (χ2n) is 9.25. The van der Waals surface area contributed by atoms with E-state index in [9.17, 15) is 28.0 Å². The zero-order valence-corrected chi connectivity index (χ0v) is 19.8. The average Bonchev–Trinajstić information content (AvgIpc) is 3.32. The Morgan fingerprint density at radius 2 is 1.82 bits per heavy atom. The summed E-state index contributed by atoms with van der Waals surface area (Å²) in [6.45, 7) is 3.60. The summed E-state index contributed by atoms with van der Waals surface area (Å²) in [4.78, 5) is 45.7. The molecule has 5 N–H and O–H groups in total. The number of Topliss-reactive ketones (excluding diaryl/α,β-unsaturated/α-hetero) is 1. The standard InChI is InChI=1S/C12H22FN3O2.C10H12FN3O2/c1-8(2)15-11(18)16-9(10(14)17)7-12(13)5-3-4-6-12;1-14-3-2-8(13-14)12-10(16)9(15)6-4-7(11)5-6/h8-9H,3-7H2,1-2H3,(H2,14,17)(H2,15,16,18);2-3,6-7H,4-5H2,1H3,(H,12,13,16). The van der Waals surface area contributed by atoms with Crippen LogP contribution in [0.5, 0.6) is 0 Å². The van der Waals surface area contributed by atoms with E-state index in [1.54, 1.807) is 33.2 Å². The minimum absolute atomic E-state index is 0.0339. The first-order chi connectivity index (χ1) is 15.9. The molecule has 2 aliphatic carbocycles. The van der Waals surface area contributed by atoms with Crippen molar-refractivity contribution >= 4 is 29.4 Å². The van der Waals surface area contributed by atoms with Gasteiger partial charge in [-0.15, -0.1) is 0 Å². The zero-order chi connectivity index (χ0) is 25.5. The Hall–Kier alpha value is -3.05. The highest BCUT2D eigenvalue weighted by molar-refractivity contribution is 6.41. The van der Waals surface area contributed by atoms with E-state index in [0.29, 0.717) is 18.7 Å². The van der Waals surface area contributed by atoms with Crippen LogP contribution in [0.3, 0.4) is 0 Å². The Kier molecular flexibility index (Phi) is 9.51. The summed E-state index contributed by atoms with van der Waals surface area (Å²) in [6, 6.07) is 0.0933. The van der Waals surface area contributed by atoms with E-state index in [4.69, 9.17) is 5.73 Å². The molecule has 0 radical (unpaired) electrons. The van der Waals surface area contributed by atoms with Gasteiger partial charge in [-0.05, 0) is 39.5 Å². The molecule has 3 rings (SSSR count). The quantitative estimate of drug-likeness (QED) is 0.416. The normalized spacial score (nSPS) is 21.5. The fourth-order valence-corrected chi connectivity index (χ4v) is 3.87. The first kappa shape index (κ1) is 27.2. The van der Waals surface area contributed by atoms with Crippen LogP contribution in [0.25, 0.3) is 0 Å². The number of ketones is 1. The SMILES string of the molecule is CC(C)NC(=O)NC(CC1(F)CCCC1)C(N)=O.Cn1ccc(NC(=O)C(=O)C2CC(F)C2)n1. The van der Waals surface area contributed by atoms with Gasteiger partial charge < -0.3 is 21.7 Å². The molecule has 190 valence electrons. The zero-order valence-electron chi connectivity index (χ0n) is 19.8. The van der Waals surface area contributed by atoms with Crippen molar-refractivity contribution in [2.45, 2.75) is 82.7 Å². The van der Waals surface area contributed by atoms with Crippen LogP contribution in [0.15, 0.2) is 12.3 Å². The molecule has 1 atom stereocenters. The average molecular weight is 485 g/mol. The molecule has 1 unspecified atom stereocenters. The Labute approximate surface area is 197 Å². The molecule has 34 heavy (non-hydrogen) atoms. The van der Waals surface area contributed by atoms with Gasteiger partial charge in [-0.1, -0.05) is 12.8 Å². The molecule has 2 fully saturated rings. The van der Waals surface area contributed by atoms with E-state index < -0.39 is 47.4 Å². The van der Waals surface area contributed by atoms with Crippen LogP contribution in [0.2, 0.25) is 0 Å². The minimum Gasteiger partial charge on any atom is -0.368 e. The predicted octanol–water partition coefficient (Wildman–Crippen LogP) is 1.90. The number of urea groups is 1. The number of carbonyl (C=O) groups excluding carboxylic acids is 4. The van der Waals surface area contributed by atoms with Gasteiger partial charge in [0.2, 0.25) is 11.7 Å². The smallest absolute Gasteiger partial charge is 0.315 e. The maximum absolute atomic E-state index is 14.3. The molecule has 10 nitrogen and oxygen atoms in total. The maximum atomic E-state index is 14.3. The molecule has 12 heteroatoms. The molecule has 4 amide bonds. The summed E-state index contributed by atoms with van der Waals surface area (Å²) >= 11 is 0. The Bertz CT molecular complexity index is 879. The number of aryl methyl sites for hydroxylation is 1. The van der Waals surface area contributed by atoms with Gasteiger partial charge in [0.15, 0.2) is 5.82 Å². The number of primary amides is 1. The fraction of sp³-hybridized carbons (Fsp3) is 0.682. The van der Waals surface area contributed by atoms with Crippen LogP contribution in [0.4, 0.5) is 19.4 Å². The number of amides is 4. The summed E-state index contributed by atoms with van der Waals surface area (Å²) in [5, 5.41) is 11.3. The number of nitrogens with one attached hydrogen (secondary N) is 3. The van der Waals surface area contributed by atoms with Gasteiger partial charge in [0.25, 0.3) is 5.91 Å². The summed E-state index contributed by atoms with van der Waals surface area (Å²) in [5.41, 5.74) is 3.83. The van der Waals surface area contributed by atoms with E-state index in [-0.39, 0.29) is 25.3 Å². The molecule has 2 aliphatic rings. The number of hydrogen-bond acceptors (Lipinski definition) is 5. The number of rotatable bonds is 8. The van der Waals surface area contributed by atoms with Crippen molar-refractivity contribution in [2.75, 3.05) is 5.32 Å². The number of aromatic nitrogens is 2. The third kappa shape index (κ3) is 8.38. The summed E-state index contributed by atoms with van der Waals surface area (Å²) < 4.78 is 28.3. The molecule has 1 aromatic rings. The van der Waals surface area contributed by atoms with Crippen LogP contribution in [-0.2, 0) is 21.4 Å². The van der Waals surface area contributed by atoms with Crippen LogP contribution >= 0.6 is 0 Å². The third-order valence-electron chi connectivity index (χ3n) is 5.77. The Morgan fingerprint density at radius 3 is 2.29 bits per heavy atom. The monoisotopic (exact) mass is 484 g/mol. The van der Waals surface area contributed by atoms with E-state index in [1.807, 2.05) is 0 Å². The molecule has 0 aromatic carbocycles. The molecule has 1 aromatic heterocycles. The van der Waals surface area contributed by atoms with Crippen molar-refractivity contribution in [3.05, 3.63) is 12.3 Å². The number of anilines is 1. The van der Waals surface area contributed by atoms with Crippen molar-refractivity contribution in [3.8, 4) is 0 Å². The van der Waals surface area contributed by atoms with Gasteiger partial charge in [0, 0.05) is 37.7 Å². The lowest BCUT2D eigenvalue weighted by molar-refractivity contribution is -0.140. The number of halogens is 2. The van der Waals surface area contributed by atoms with Gasteiger partial charge in [-0.3, -0.25) is 19.1 Å². The highest BCUT2D eigenvalue weighted by Crippen LogP contribution is 2.37. The second kappa shape index (κ2) is 11.9. The Balaban J connectivity index is 0.000000241. The largest absolute Gasteiger partial charge is 0.368 e. The van der Waals surface area contributed by atoms with Crippen LogP contribution in [0.1, 0.15) is 58.8 Å². The summed E-state index contributed by atoms with van der Waals surface area (Å²) in [6.07, 6.45) is 3.52. The number of hydrogen-bond donors (Lipinski definition) is 4. The van der Waals surface area contributed by atoms with Crippen LogP contribution in [0, 0.1) is 5.92 Å². The lowest BCUT2D eigenvalue weighted by Gasteiger charge is -2.27. The fourth-order valence-electron chi connectivity index (χ4n) is 3.87. The van der Waals surface area contributed by atoms with Crippen molar-refractivity contribution in [3.63, 3.8) is 0 Å². The van der Waals surface area contributed by atoms with Crippen molar-refractivity contribution in [1.29, 1.82) is 0 Å². The Morgan fingerprint density at radius 1 is 1.21 bits per heavy atom. The summed E-state index contributed by atoms with van der Waals surface area (Å²) in [5.74, 6) is -2.09. The van der Waals surface area contributed by atoms with E-state index in [0.717, 1.165) is 12.8 Å². The number of nitrogens with zero attached hydrogens (tertiary/aromatic N) is 2. The molecule has 0 aliphatic heterocycles. The van der Waals surface area contributed by atoms with E-state index in [1.165, 1.54) is 4.68 Å². The molecule has 0 bridgehead atoms. The highest BCUT2D eigenvalue weighted by atomic mass is 19.1. The number of carbonyl (C=O) groups is 4. The topological polar surface area (TPSA) is 148 Å². The summed E-state index contributed by atoms with van der Waals surface area (Å²) in [7, 11) is 1.71. The minimum atomic E-state index is -1.37.